The SMILES string of the molecule is c1ccc(-c2nc(-c3cc4ccc5cccc6c7cccc8ccc9cccc(c(c3)c4c56)c9c87)nc(-c3ccccc3-c3cc4ccccc4s3)n2)cc1. The van der Waals surface area contributed by atoms with Crippen LogP contribution in [0.2, 0.25) is 0 Å². The van der Waals surface area contributed by atoms with E-state index in [0.717, 1.165) is 27.6 Å². The summed E-state index contributed by atoms with van der Waals surface area (Å²) >= 11 is 1.80. The van der Waals surface area contributed by atoms with E-state index in [4.69, 9.17) is 15.0 Å². The molecule has 254 valence electrons. The van der Waals surface area contributed by atoms with Gasteiger partial charge in [0.15, 0.2) is 17.5 Å². The predicted molar refractivity (Wildman–Crippen MR) is 233 cm³/mol. The third-order valence-electron chi connectivity index (χ3n) is 11.2. The third kappa shape index (κ3) is 4.65. The maximum absolute atomic E-state index is 5.35. The average Bonchev–Trinajstić information content (AvgIpc) is 3.69. The maximum Gasteiger partial charge on any atom is 0.164 e. The van der Waals surface area contributed by atoms with Crippen LogP contribution in [0.4, 0.5) is 0 Å². The van der Waals surface area contributed by atoms with Crippen LogP contribution in [0, 0.1) is 0 Å². The van der Waals surface area contributed by atoms with Crippen molar-refractivity contribution in [2.75, 3.05) is 0 Å². The van der Waals surface area contributed by atoms with Crippen LogP contribution in [-0.2, 0) is 0 Å². The first-order valence-corrected chi connectivity index (χ1v) is 19.4. The van der Waals surface area contributed by atoms with Crippen molar-refractivity contribution < 1.29 is 0 Å². The standard InChI is InChI=1S/C51H29N3S/c1-2-11-33(12-3-1)49-52-50(54-51(53-49)41-18-6-5-17-37(41)44-29-34-13-4-7-22-43(34)55-44)36-27-35-26-25-32-15-9-20-39-38-19-8-14-30-23-24-31-16-10-21-40(47(31)45(30)38)42(28-36)48(35)46(32)39/h1-29H. The van der Waals surface area contributed by atoms with E-state index < -0.39 is 0 Å². The smallest absolute Gasteiger partial charge is 0.164 e. The average molecular weight is 716 g/mol. The number of rotatable bonds is 4. The van der Waals surface area contributed by atoms with Crippen LogP contribution >= 0.6 is 11.3 Å². The Labute approximate surface area is 320 Å². The van der Waals surface area contributed by atoms with Gasteiger partial charge in [0.1, 0.15) is 0 Å². The molecule has 0 saturated heterocycles. The van der Waals surface area contributed by atoms with Gasteiger partial charge in [-0.15, -0.1) is 11.3 Å². The van der Waals surface area contributed by atoms with E-state index in [1.807, 2.05) is 18.2 Å². The van der Waals surface area contributed by atoms with E-state index in [1.165, 1.54) is 74.2 Å². The quantitative estimate of drug-likeness (QED) is 0.170. The molecule has 0 unspecified atom stereocenters. The topological polar surface area (TPSA) is 38.7 Å². The summed E-state index contributed by atoms with van der Waals surface area (Å²) < 4.78 is 1.26. The first-order chi connectivity index (χ1) is 27.2. The summed E-state index contributed by atoms with van der Waals surface area (Å²) in [7, 11) is 0. The van der Waals surface area contributed by atoms with Gasteiger partial charge in [0.2, 0.25) is 0 Å². The van der Waals surface area contributed by atoms with Crippen LogP contribution in [0.5, 0.6) is 0 Å². The fourth-order valence-electron chi connectivity index (χ4n) is 8.76. The van der Waals surface area contributed by atoms with Gasteiger partial charge in [-0.3, -0.25) is 0 Å². The number of hydrogen-bond acceptors (Lipinski definition) is 4. The third-order valence-corrected chi connectivity index (χ3v) is 12.4. The van der Waals surface area contributed by atoms with E-state index in [2.05, 4.69) is 158 Å². The zero-order chi connectivity index (χ0) is 36.0. The van der Waals surface area contributed by atoms with Gasteiger partial charge in [0.25, 0.3) is 0 Å². The molecule has 10 aromatic carbocycles. The van der Waals surface area contributed by atoms with E-state index in [1.54, 1.807) is 11.3 Å². The Kier molecular flexibility index (Phi) is 6.50. The highest BCUT2D eigenvalue weighted by Gasteiger charge is 2.20. The van der Waals surface area contributed by atoms with Crippen molar-refractivity contribution in [2.45, 2.75) is 0 Å². The van der Waals surface area contributed by atoms with Crippen LogP contribution in [0.1, 0.15) is 0 Å². The van der Waals surface area contributed by atoms with Gasteiger partial charge in [-0.25, -0.2) is 15.0 Å². The molecule has 0 bridgehead atoms. The minimum absolute atomic E-state index is 0.648. The van der Waals surface area contributed by atoms with E-state index >= 15 is 0 Å². The number of thiophene rings is 1. The molecule has 3 nitrogen and oxygen atoms in total. The van der Waals surface area contributed by atoms with Crippen molar-refractivity contribution >= 4 is 86.1 Å². The summed E-state index contributed by atoms with van der Waals surface area (Å²) in [5.74, 6) is 1.95. The Morgan fingerprint density at radius 2 is 0.818 bits per heavy atom. The molecule has 4 heteroatoms. The Bertz CT molecular complexity index is 3450. The van der Waals surface area contributed by atoms with Gasteiger partial charge in [0, 0.05) is 31.8 Å². The number of hydrogen-bond donors (Lipinski definition) is 0. The number of fused-ring (bicyclic) bond motifs is 3. The molecular weight excluding hydrogens is 687 g/mol. The summed E-state index contributed by atoms with van der Waals surface area (Å²) in [4.78, 5) is 17.0. The lowest BCUT2D eigenvalue weighted by atomic mass is 9.87. The fourth-order valence-corrected chi connectivity index (χ4v) is 9.86. The molecule has 0 N–H and O–H groups in total. The number of benzene rings is 9. The summed E-state index contributed by atoms with van der Waals surface area (Å²) in [6.45, 7) is 0. The van der Waals surface area contributed by atoms with Crippen LogP contribution in [-0.4, -0.2) is 15.0 Å². The molecule has 0 aliphatic carbocycles. The first kappa shape index (κ1) is 30.5. The van der Waals surface area contributed by atoms with Crippen molar-refractivity contribution in [2.24, 2.45) is 0 Å². The van der Waals surface area contributed by atoms with Crippen molar-refractivity contribution in [3.63, 3.8) is 0 Å². The molecule has 0 aliphatic rings. The summed E-state index contributed by atoms with van der Waals surface area (Å²) in [6, 6.07) is 63.4. The molecule has 0 spiro atoms. The lowest BCUT2D eigenvalue weighted by molar-refractivity contribution is 1.08. The molecule has 2 aromatic heterocycles. The van der Waals surface area contributed by atoms with Crippen molar-refractivity contribution in [3.8, 4) is 44.6 Å². The highest BCUT2D eigenvalue weighted by Crippen LogP contribution is 2.45. The van der Waals surface area contributed by atoms with Crippen LogP contribution in [0.3, 0.4) is 0 Å². The maximum atomic E-state index is 5.35. The minimum Gasteiger partial charge on any atom is -0.208 e. The van der Waals surface area contributed by atoms with Gasteiger partial charge in [-0.05, 0) is 94.3 Å². The second-order valence-corrected chi connectivity index (χ2v) is 15.4. The second-order valence-electron chi connectivity index (χ2n) is 14.3. The summed E-state index contributed by atoms with van der Waals surface area (Å²) in [6.07, 6.45) is 0. The normalized spacial score (nSPS) is 12.0. The molecule has 0 atom stereocenters. The van der Waals surface area contributed by atoms with E-state index in [9.17, 15) is 0 Å². The second kappa shape index (κ2) is 11.7. The van der Waals surface area contributed by atoms with Crippen molar-refractivity contribution in [1.82, 2.24) is 15.0 Å². The van der Waals surface area contributed by atoms with Crippen molar-refractivity contribution in [1.29, 1.82) is 0 Å². The summed E-state index contributed by atoms with van der Waals surface area (Å²) in [5, 5.41) is 16.1. The molecular formula is C51H29N3S. The van der Waals surface area contributed by atoms with Gasteiger partial charge in [0.05, 0.1) is 0 Å². The molecule has 0 fully saturated rings. The number of aromatic nitrogens is 3. The molecule has 12 rings (SSSR count). The molecule has 12 aromatic rings. The monoisotopic (exact) mass is 715 g/mol. The van der Waals surface area contributed by atoms with Crippen LogP contribution in [0.25, 0.3) is 119 Å². The highest BCUT2D eigenvalue weighted by atomic mass is 32.1. The Morgan fingerprint density at radius 1 is 0.309 bits per heavy atom. The van der Waals surface area contributed by atoms with Crippen LogP contribution < -0.4 is 0 Å². The molecule has 0 aliphatic heterocycles. The molecule has 0 saturated carbocycles. The number of nitrogens with zero attached hydrogens (tertiary/aromatic N) is 3. The predicted octanol–water partition coefficient (Wildman–Crippen LogP) is 14.1. The van der Waals surface area contributed by atoms with Gasteiger partial charge < -0.3 is 0 Å². The first-order valence-electron chi connectivity index (χ1n) is 18.6. The Balaban J connectivity index is 1.19. The highest BCUT2D eigenvalue weighted by molar-refractivity contribution is 7.22. The van der Waals surface area contributed by atoms with Gasteiger partial charge in [-0.2, -0.15) is 0 Å². The summed E-state index contributed by atoms with van der Waals surface area (Å²) in [5.41, 5.74) is 4.00. The lowest BCUT2D eigenvalue weighted by Gasteiger charge is -2.17. The molecule has 0 amide bonds. The zero-order valence-corrected chi connectivity index (χ0v) is 30.3. The Hall–Kier alpha value is -7.01. The Morgan fingerprint density at radius 3 is 1.49 bits per heavy atom. The molecule has 55 heavy (non-hydrogen) atoms. The lowest BCUT2D eigenvalue weighted by Crippen LogP contribution is -2.01. The van der Waals surface area contributed by atoms with Gasteiger partial charge >= 0.3 is 0 Å². The van der Waals surface area contributed by atoms with Crippen molar-refractivity contribution in [3.05, 3.63) is 176 Å². The largest absolute Gasteiger partial charge is 0.208 e. The minimum atomic E-state index is 0.648. The van der Waals surface area contributed by atoms with E-state index in [-0.39, 0.29) is 0 Å². The molecule has 2 heterocycles. The van der Waals surface area contributed by atoms with Crippen LogP contribution in [0.15, 0.2) is 176 Å². The van der Waals surface area contributed by atoms with Gasteiger partial charge in [-0.1, -0.05) is 152 Å². The zero-order valence-electron chi connectivity index (χ0n) is 29.5. The molecule has 0 radical (unpaired) electrons. The fraction of sp³-hybridized carbons (Fsp3) is 0. The van der Waals surface area contributed by atoms with E-state index in [0.29, 0.717) is 17.5 Å².